The molecule has 3 aliphatic rings. The highest BCUT2D eigenvalue weighted by molar-refractivity contribution is 5.79. The quantitative estimate of drug-likeness (QED) is 0.918. The van der Waals surface area contributed by atoms with Crippen LogP contribution in [0, 0.1) is 11.7 Å². The lowest BCUT2D eigenvalue weighted by Gasteiger charge is -2.49. The topological polar surface area (TPSA) is 37.3 Å². The summed E-state index contributed by atoms with van der Waals surface area (Å²) in [6.45, 7) is 4.50. The van der Waals surface area contributed by atoms with E-state index in [0.29, 0.717) is 12.0 Å². The van der Waals surface area contributed by atoms with Crippen molar-refractivity contribution < 1.29 is 9.18 Å². The highest BCUT2D eigenvalue weighted by Crippen LogP contribution is 2.32. The van der Waals surface area contributed by atoms with Crippen molar-refractivity contribution in [3.8, 4) is 11.1 Å². The Hall–Kier alpha value is -2.14. The molecule has 1 amide bonds. The largest absolute Gasteiger partial charge is 0.333 e. The molecule has 3 saturated heterocycles. The Bertz CT molecular complexity index is 729. The molecule has 126 valence electrons. The van der Waals surface area contributed by atoms with E-state index in [1.54, 1.807) is 29.1 Å². The van der Waals surface area contributed by atoms with Gasteiger partial charge in [0.15, 0.2) is 0 Å². The lowest BCUT2D eigenvalue weighted by atomic mass is 9.79. The normalized spacial score (nSPS) is 28.8. The van der Waals surface area contributed by atoms with Crippen LogP contribution in [0.2, 0.25) is 0 Å². The second-order valence-electron chi connectivity index (χ2n) is 6.90. The van der Waals surface area contributed by atoms with Crippen molar-refractivity contribution in [3.05, 3.63) is 48.5 Å². The second kappa shape index (κ2) is 6.06. The molecule has 0 spiro atoms. The first-order chi connectivity index (χ1) is 11.6. The zero-order valence-electron chi connectivity index (χ0n) is 13.8. The standard InChI is InChI=1S/C19H22FN3O/c1-13-18(15-6-9-22(13)10-7-15)21-19(24)23-11-8-16(12-23)14-2-4-17(20)5-3-14/h2-5,8,11-13,15,18H,6-7,9-10H2,1H3,(H,21,24)/t13-,18+/m1/s1. The minimum atomic E-state index is -0.257. The molecule has 5 heteroatoms. The zero-order valence-corrected chi connectivity index (χ0v) is 13.8. The predicted molar refractivity (Wildman–Crippen MR) is 91.3 cm³/mol. The Balaban J connectivity index is 1.48. The monoisotopic (exact) mass is 327 g/mol. The van der Waals surface area contributed by atoms with Crippen molar-refractivity contribution in [2.24, 2.45) is 5.92 Å². The summed E-state index contributed by atoms with van der Waals surface area (Å²) >= 11 is 0. The molecule has 3 fully saturated rings. The molecule has 4 heterocycles. The van der Waals surface area contributed by atoms with Crippen LogP contribution in [0.15, 0.2) is 42.7 Å². The average Bonchev–Trinajstić information content (AvgIpc) is 3.09. The van der Waals surface area contributed by atoms with Crippen LogP contribution in [0.1, 0.15) is 19.8 Å². The van der Waals surface area contributed by atoms with Crippen LogP contribution in [0.3, 0.4) is 0 Å². The summed E-state index contributed by atoms with van der Waals surface area (Å²) in [5.41, 5.74) is 1.81. The number of nitrogens with zero attached hydrogens (tertiary/aromatic N) is 2. The van der Waals surface area contributed by atoms with Gasteiger partial charge in [-0.05, 0) is 68.1 Å². The number of halogens is 1. The van der Waals surface area contributed by atoms with Gasteiger partial charge in [0.2, 0.25) is 0 Å². The van der Waals surface area contributed by atoms with Gasteiger partial charge in [0, 0.05) is 24.5 Å². The van der Waals surface area contributed by atoms with Crippen LogP contribution in [0.4, 0.5) is 9.18 Å². The summed E-state index contributed by atoms with van der Waals surface area (Å²) < 4.78 is 14.6. The fraction of sp³-hybridized carbons (Fsp3) is 0.421. The van der Waals surface area contributed by atoms with Crippen LogP contribution in [0.25, 0.3) is 11.1 Å². The van der Waals surface area contributed by atoms with Gasteiger partial charge in [0.25, 0.3) is 0 Å². The van der Waals surface area contributed by atoms with E-state index in [1.165, 1.54) is 25.0 Å². The van der Waals surface area contributed by atoms with Crippen molar-refractivity contribution in [3.63, 3.8) is 0 Å². The Morgan fingerprint density at radius 2 is 1.83 bits per heavy atom. The Labute approximate surface area is 141 Å². The maximum atomic E-state index is 13.0. The summed E-state index contributed by atoms with van der Waals surface area (Å²) in [5.74, 6) is 0.327. The molecule has 3 aliphatic heterocycles. The SMILES string of the molecule is C[C@@H]1[C@H](NC(=O)n2ccc(-c3ccc(F)cc3)c2)C2CCN1CC2. The Morgan fingerprint density at radius 1 is 1.12 bits per heavy atom. The third kappa shape index (κ3) is 2.73. The highest BCUT2D eigenvalue weighted by Gasteiger charge is 2.40. The number of rotatable bonds is 2. The maximum absolute atomic E-state index is 13.0. The van der Waals surface area contributed by atoms with Crippen molar-refractivity contribution >= 4 is 6.03 Å². The molecule has 2 aromatic rings. The molecule has 1 aromatic heterocycles. The van der Waals surface area contributed by atoms with Crippen LogP contribution >= 0.6 is 0 Å². The van der Waals surface area contributed by atoms with Crippen molar-refractivity contribution in [1.82, 2.24) is 14.8 Å². The fourth-order valence-electron chi connectivity index (χ4n) is 4.10. The lowest BCUT2D eigenvalue weighted by Crippen LogP contribution is -2.62. The first kappa shape index (κ1) is 15.4. The van der Waals surface area contributed by atoms with E-state index in [4.69, 9.17) is 0 Å². The molecule has 0 aliphatic carbocycles. The van der Waals surface area contributed by atoms with E-state index in [-0.39, 0.29) is 17.9 Å². The number of amides is 1. The van der Waals surface area contributed by atoms with Crippen molar-refractivity contribution in [2.45, 2.75) is 31.8 Å². The number of piperidine rings is 3. The number of fused-ring (bicyclic) bond motifs is 3. The summed E-state index contributed by atoms with van der Waals surface area (Å²) in [7, 11) is 0. The Morgan fingerprint density at radius 3 is 2.50 bits per heavy atom. The molecule has 0 saturated carbocycles. The molecular weight excluding hydrogens is 305 g/mol. The molecule has 4 nitrogen and oxygen atoms in total. The summed E-state index contributed by atoms with van der Waals surface area (Å²) in [6, 6.07) is 8.72. The molecule has 2 atom stereocenters. The van der Waals surface area contributed by atoms with E-state index in [2.05, 4.69) is 17.1 Å². The first-order valence-electron chi connectivity index (χ1n) is 8.61. The molecular formula is C19H22FN3O. The van der Waals surface area contributed by atoms with E-state index in [1.807, 2.05) is 6.07 Å². The number of hydrogen-bond donors (Lipinski definition) is 1. The minimum absolute atomic E-state index is 0.0889. The number of benzene rings is 1. The summed E-state index contributed by atoms with van der Waals surface area (Å²) in [6.07, 6.45) is 5.90. The number of hydrogen-bond acceptors (Lipinski definition) is 2. The number of carbonyl (C=O) groups excluding carboxylic acids is 1. The molecule has 2 bridgehead atoms. The third-order valence-corrected chi connectivity index (χ3v) is 5.57. The van der Waals surface area contributed by atoms with Crippen LogP contribution in [-0.2, 0) is 0 Å². The van der Waals surface area contributed by atoms with Gasteiger partial charge in [-0.25, -0.2) is 9.18 Å². The number of carbonyl (C=O) groups is 1. The summed E-state index contributed by atoms with van der Waals surface area (Å²) in [4.78, 5) is 15.1. The van der Waals surface area contributed by atoms with Gasteiger partial charge in [0.05, 0.1) is 0 Å². The Kier molecular flexibility index (Phi) is 3.88. The maximum Gasteiger partial charge on any atom is 0.325 e. The molecule has 5 rings (SSSR count). The molecule has 1 N–H and O–H groups in total. The van der Waals surface area contributed by atoms with E-state index >= 15 is 0 Å². The number of aromatic nitrogens is 1. The van der Waals surface area contributed by atoms with Crippen molar-refractivity contribution in [2.75, 3.05) is 13.1 Å². The van der Waals surface area contributed by atoms with Gasteiger partial charge in [-0.1, -0.05) is 12.1 Å². The van der Waals surface area contributed by atoms with Crippen molar-refractivity contribution in [1.29, 1.82) is 0 Å². The summed E-state index contributed by atoms with van der Waals surface area (Å²) in [5, 5.41) is 3.21. The second-order valence-corrected chi connectivity index (χ2v) is 6.90. The number of nitrogens with one attached hydrogen (secondary N) is 1. The zero-order chi connectivity index (χ0) is 16.7. The van der Waals surface area contributed by atoms with Gasteiger partial charge in [0.1, 0.15) is 5.82 Å². The fourth-order valence-corrected chi connectivity index (χ4v) is 4.10. The van der Waals surface area contributed by atoms with Gasteiger partial charge in [-0.2, -0.15) is 0 Å². The van der Waals surface area contributed by atoms with Gasteiger partial charge < -0.3 is 5.32 Å². The smallest absolute Gasteiger partial charge is 0.325 e. The van der Waals surface area contributed by atoms with Gasteiger partial charge >= 0.3 is 6.03 Å². The van der Waals surface area contributed by atoms with Gasteiger partial charge in [-0.3, -0.25) is 9.47 Å². The predicted octanol–water partition coefficient (Wildman–Crippen LogP) is 3.33. The first-order valence-corrected chi connectivity index (χ1v) is 8.61. The van der Waals surface area contributed by atoms with Crippen LogP contribution in [-0.4, -0.2) is 40.7 Å². The molecule has 1 aromatic carbocycles. The third-order valence-electron chi connectivity index (χ3n) is 5.57. The highest BCUT2D eigenvalue weighted by atomic mass is 19.1. The van der Waals surface area contributed by atoms with Crippen LogP contribution in [0.5, 0.6) is 0 Å². The lowest BCUT2D eigenvalue weighted by molar-refractivity contribution is 0.0267. The minimum Gasteiger partial charge on any atom is -0.333 e. The molecule has 0 radical (unpaired) electrons. The average molecular weight is 327 g/mol. The van der Waals surface area contributed by atoms with Gasteiger partial charge in [-0.15, -0.1) is 0 Å². The van der Waals surface area contributed by atoms with E-state index < -0.39 is 0 Å². The van der Waals surface area contributed by atoms with Crippen LogP contribution < -0.4 is 5.32 Å². The van der Waals surface area contributed by atoms with E-state index in [9.17, 15) is 9.18 Å². The molecule has 0 unspecified atom stereocenters. The van der Waals surface area contributed by atoms with E-state index in [0.717, 1.165) is 24.2 Å². The molecule has 24 heavy (non-hydrogen) atoms.